The van der Waals surface area contributed by atoms with Gasteiger partial charge >= 0.3 is 0 Å². The number of benzene rings is 3. The van der Waals surface area contributed by atoms with Crippen molar-refractivity contribution in [3.05, 3.63) is 107 Å². The minimum Gasteiger partial charge on any atom is -0.374 e. The van der Waals surface area contributed by atoms with Gasteiger partial charge < -0.3 is 28.8 Å². The predicted octanol–water partition coefficient (Wildman–Crippen LogP) is 3.99. The lowest BCUT2D eigenvalue weighted by molar-refractivity contribution is -0.318. The molecule has 6 nitrogen and oxygen atoms in total. The van der Waals surface area contributed by atoms with Crippen LogP contribution in [0.5, 0.6) is 0 Å². The molecule has 0 radical (unpaired) electrons. The summed E-state index contributed by atoms with van der Waals surface area (Å²) in [5.41, 5.74) is 4.18. The van der Waals surface area contributed by atoms with Crippen molar-refractivity contribution >= 4 is 0 Å². The second-order valence-corrected chi connectivity index (χ2v) is 8.65. The van der Waals surface area contributed by atoms with Crippen LogP contribution >= 0.6 is 0 Å². The maximum Gasteiger partial charge on any atom is 0.184 e. The molecule has 2 bridgehead atoms. The van der Waals surface area contributed by atoms with Gasteiger partial charge in [-0.05, 0) is 22.3 Å². The summed E-state index contributed by atoms with van der Waals surface area (Å²) >= 11 is 0. The number of ether oxygens (including phenoxy) is 5. The zero-order chi connectivity index (χ0) is 23.2. The largest absolute Gasteiger partial charge is 0.374 e. The summed E-state index contributed by atoms with van der Waals surface area (Å²) in [6.45, 7) is 1.80. The molecule has 3 aromatic carbocycles. The second-order valence-electron chi connectivity index (χ2n) is 8.65. The third-order valence-corrected chi connectivity index (χ3v) is 6.27. The van der Waals surface area contributed by atoms with Crippen LogP contribution in [0.3, 0.4) is 0 Å². The molecule has 1 unspecified atom stereocenters. The molecule has 0 spiro atoms. The van der Waals surface area contributed by atoms with Crippen LogP contribution in [0.1, 0.15) is 22.3 Å². The molecule has 2 aliphatic rings. The van der Waals surface area contributed by atoms with Crippen LogP contribution in [0.2, 0.25) is 0 Å². The lowest BCUT2D eigenvalue weighted by atomic mass is 9.97. The lowest BCUT2D eigenvalue weighted by Gasteiger charge is -2.44. The Morgan fingerprint density at radius 3 is 1.91 bits per heavy atom. The van der Waals surface area contributed by atoms with Crippen LogP contribution in [0.15, 0.2) is 84.9 Å². The second kappa shape index (κ2) is 11.2. The van der Waals surface area contributed by atoms with Crippen LogP contribution in [-0.4, -0.2) is 42.4 Å². The van der Waals surface area contributed by atoms with Gasteiger partial charge in [0.05, 0.1) is 33.0 Å². The van der Waals surface area contributed by atoms with E-state index >= 15 is 0 Å². The van der Waals surface area contributed by atoms with Gasteiger partial charge in [0.2, 0.25) is 0 Å². The molecular weight excluding hydrogens is 432 g/mol. The molecule has 178 valence electrons. The molecule has 3 aromatic rings. The van der Waals surface area contributed by atoms with Crippen molar-refractivity contribution in [1.82, 2.24) is 0 Å². The summed E-state index contributed by atoms with van der Waals surface area (Å²) < 4.78 is 31.0. The topological polar surface area (TPSA) is 66.4 Å². The zero-order valence-corrected chi connectivity index (χ0v) is 19.0. The summed E-state index contributed by atoms with van der Waals surface area (Å²) in [5.74, 6) is 0. The molecule has 34 heavy (non-hydrogen) atoms. The van der Waals surface area contributed by atoms with E-state index in [2.05, 4.69) is 0 Å². The van der Waals surface area contributed by atoms with Gasteiger partial charge in [0.25, 0.3) is 0 Å². The minimum absolute atomic E-state index is 0.274. The van der Waals surface area contributed by atoms with Crippen molar-refractivity contribution in [3.8, 4) is 0 Å². The Bertz CT molecular complexity index is 1030. The van der Waals surface area contributed by atoms with E-state index in [0.717, 1.165) is 22.3 Å². The highest BCUT2D eigenvalue weighted by atomic mass is 16.7. The van der Waals surface area contributed by atoms with E-state index in [4.69, 9.17) is 23.7 Å². The van der Waals surface area contributed by atoms with Crippen molar-refractivity contribution in [2.24, 2.45) is 0 Å². The molecule has 5 atom stereocenters. The van der Waals surface area contributed by atoms with E-state index < -0.39 is 30.7 Å². The van der Waals surface area contributed by atoms with Gasteiger partial charge in [-0.25, -0.2) is 0 Å². The molecule has 0 aliphatic carbocycles. The number of aliphatic hydroxyl groups is 1. The molecule has 0 saturated carbocycles. The quantitative estimate of drug-likeness (QED) is 0.598. The Balaban J connectivity index is 1.40. The molecule has 0 amide bonds. The Kier molecular flexibility index (Phi) is 7.65. The number of fused-ring (bicyclic) bond motifs is 3. The number of hydrogen-bond donors (Lipinski definition) is 1. The molecule has 2 heterocycles. The standard InChI is InChI=1S/C28H30O6/c29-28-27(32-16-21-11-5-2-6-12-21)26-25(31-15-20-9-3-1-4-10-20)24(34-28)19-30-17-22-13-7-8-14-23(22)18-33-26/h1-14,24-29H,15-19H2/t24-,25-,26+,27-,28?/m1/s1. The van der Waals surface area contributed by atoms with E-state index in [9.17, 15) is 5.11 Å². The Labute approximate surface area is 200 Å². The average Bonchev–Trinajstić information content (AvgIpc) is 2.88. The van der Waals surface area contributed by atoms with Crippen molar-refractivity contribution < 1.29 is 28.8 Å². The maximum atomic E-state index is 10.9. The molecule has 2 aliphatic heterocycles. The van der Waals surface area contributed by atoms with Gasteiger partial charge in [-0.15, -0.1) is 0 Å². The first-order valence-corrected chi connectivity index (χ1v) is 11.7. The fraction of sp³-hybridized carbons (Fsp3) is 0.357. The van der Waals surface area contributed by atoms with E-state index in [1.807, 2.05) is 84.9 Å². The normalized spacial score (nSPS) is 27.0. The molecule has 6 heteroatoms. The molecule has 1 saturated heterocycles. The highest BCUT2D eigenvalue weighted by molar-refractivity contribution is 5.26. The first kappa shape index (κ1) is 23.2. The van der Waals surface area contributed by atoms with E-state index in [0.29, 0.717) is 26.4 Å². The summed E-state index contributed by atoms with van der Waals surface area (Å²) in [5, 5.41) is 10.9. The van der Waals surface area contributed by atoms with E-state index in [-0.39, 0.29) is 6.61 Å². The van der Waals surface area contributed by atoms with E-state index in [1.165, 1.54) is 0 Å². The smallest absolute Gasteiger partial charge is 0.184 e. The highest BCUT2D eigenvalue weighted by Gasteiger charge is 2.48. The zero-order valence-electron chi connectivity index (χ0n) is 19.0. The minimum atomic E-state index is -1.16. The van der Waals surface area contributed by atoms with Gasteiger partial charge in [0, 0.05) is 0 Å². The van der Waals surface area contributed by atoms with Gasteiger partial charge in [0.15, 0.2) is 6.29 Å². The molecular formula is C28H30O6. The van der Waals surface area contributed by atoms with Crippen molar-refractivity contribution in [3.63, 3.8) is 0 Å². The highest BCUT2D eigenvalue weighted by Crippen LogP contribution is 2.31. The van der Waals surface area contributed by atoms with Crippen LogP contribution < -0.4 is 0 Å². The molecule has 1 N–H and O–H groups in total. The monoisotopic (exact) mass is 462 g/mol. The molecule has 0 aromatic heterocycles. The predicted molar refractivity (Wildman–Crippen MR) is 126 cm³/mol. The number of hydrogen-bond acceptors (Lipinski definition) is 6. The van der Waals surface area contributed by atoms with Crippen molar-refractivity contribution in [1.29, 1.82) is 0 Å². The van der Waals surface area contributed by atoms with Crippen LogP contribution in [0, 0.1) is 0 Å². The third-order valence-electron chi connectivity index (χ3n) is 6.27. The van der Waals surface area contributed by atoms with Gasteiger partial charge in [0.1, 0.15) is 24.4 Å². The molecule has 5 rings (SSSR count). The molecule has 1 fully saturated rings. The van der Waals surface area contributed by atoms with E-state index in [1.54, 1.807) is 0 Å². The van der Waals surface area contributed by atoms with Gasteiger partial charge in [-0.2, -0.15) is 0 Å². The summed E-state index contributed by atoms with van der Waals surface area (Å²) in [7, 11) is 0. The number of aliphatic hydroxyl groups excluding tert-OH is 1. The fourth-order valence-electron chi connectivity index (χ4n) is 4.44. The SMILES string of the molecule is OC1O[C@@H]2COCc3ccccc3CO[C@@H]([C@@H]2OCc2ccccc2)[C@H]1OCc1ccccc1. The third kappa shape index (κ3) is 5.55. The summed E-state index contributed by atoms with van der Waals surface area (Å²) in [6, 6.07) is 27.9. The van der Waals surface area contributed by atoms with Crippen LogP contribution in [0.25, 0.3) is 0 Å². The fourth-order valence-corrected chi connectivity index (χ4v) is 4.44. The van der Waals surface area contributed by atoms with Crippen LogP contribution in [0.4, 0.5) is 0 Å². The Hall–Kier alpha value is -2.58. The average molecular weight is 463 g/mol. The Morgan fingerprint density at radius 2 is 1.26 bits per heavy atom. The van der Waals surface area contributed by atoms with Gasteiger partial charge in [-0.3, -0.25) is 0 Å². The Morgan fingerprint density at radius 1 is 0.706 bits per heavy atom. The first-order chi connectivity index (χ1) is 16.8. The van der Waals surface area contributed by atoms with Gasteiger partial charge in [-0.1, -0.05) is 84.9 Å². The lowest BCUT2D eigenvalue weighted by Crippen LogP contribution is -2.61. The van der Waals surface area contributed by atoms with Crippen molar-refractivity contribution in [2.75, 3.05) is 6.61 Å². The summed E-state index contributed by atoms with van der Waals surface area (Å²) in [4.78, 5) is 0. The number of rotatable bonds is 6. The van der Waals surface area contributed by atoms with Crippen LogP contribution in [-0.2, 0) is 50.1 Å². The maximum absolute atomic E-state index is 10.9. The van der Waals surface area contributed by atoms with Crippen molar-refractivity contribution in [2.45, 2.75) is 57.1 Å². The first-order valence-electron chi connectivity index (χ1n) is 11.7. The summed E-state index contributed by atoms with van der Waals surface area (Å²) in [6.07, 6.45) is -3.39.